The largest absolute Gasteiger partial charge is 0.495 e. The molecule has 1 aromatic carbocycles. The van der Waals surface area contributed by atoms with Crippen molar-refractivity contribution in [3.63, 3.8) is 0 Å². The number of hydrogen-bond donors (Lipinski definition) is 0. The lowest BCUT2D eigenvalue weighted by molar-refractivity contribution is 0.112. The van der Waals surface area contributed by atoms with Crippen LogP contribution in [0.3, 0.4) is 0 Å². The maximum atomic E-state index is 10.5. The minimum absolute atomic E-state index is 0.565. The van der Waals surface area contributed by atoms with E-state index in [1.807, 2.05) is 13.0 Å². The summed E-state index contributed by atoms with van der Waals surface area (Å²) in [6, 6.07) is 3.61. The van der Waals surface area contributed by atoms with Gasteiger partial charge in [-0.3, -0.25) is 4.79 Å². The summed E-state index contributed by atoms with van der Waals surface area (Å²) in [6.07, 6.45) is 0.781. The van der Waals surface area contributed by atoms with Crippen molar-refractivity contribution in [3.8, 4) is 5.75 Å². The van der Waals surface area contributed by atoms with Crippen molar-refractivity contribution in [1.29, 1.82) is 0 Å². The second-order valence-electron chi connectivity index (χ2n) is 2.44. The SMILES string of the molecule is COc1c(C=O)ccc(C)c1Br. The Morgan fingerprint density at radius 1 is 1.50 bits per heavy atom. The molecule has 0 aliphatic rings. The highest BCUT2D eigenvalue weighted by Crippen LogP contribution is 2.30. The van der Waals surface area contributed by atoms with E-state index in [1.165, 1.54) is 0 Å². The Hall–Kier alpha value is -0.830. The van der Waals surface area contributed by atoms with Gasteiger partial charge in [-0.25, -0.2) is 0 Å². The Kier molecular flexibility index (Phi) is 2.87. The number of aldehydes is 1. The van der Waals surface area contributed by atoms with Crippen LogP contribution in [0.4, 0.5) is 0 Å². The first kappa shape index (κ1) is 9.26. The van der Waals surface area contributed by atoms with Crippen molar-refractivity contribution in [1.82, 2.24) is 0 Å². The van der Waals surface area contributed by atoms with E-state index in [9.17, 15) is 4.79 Å². The molecular formula is C9H9BrO2. The molecule has 0 saturated carbocycles. The van der Waals surface area contributed by atoms with E-state index in [-0.39, 0.29) is 0 Å². The zero-order valence-electron chi connectivity index (χ0n) is 6.93. The maximum absolute atomic E-state index is 10.5. The molecule has 0 saturated heterocycles. The fraction of sp³-hybridized carbons (Fsp3) is 0.222. The summed E-state index contributed by atoms with van der Waals surface area (Å²) in [6.45, 7) is 1.95. The molecule has 0 fully saturated rings. The highest BCUT2D eigenvalue weighted by molar-refractivity contribution is 9.10. The minimum atomic E-state index is 0.565. The van der Waals surface area contributed by atoms with E-state index in [4.69, 9.17) is 4.74 Å². The van der Waals surface area contributed by atoms with Crippen LogP contribution in [0.15, 0.2) is 16.6 Å². The average molecular weight is 229 g/mol. The van der Waals surface area contributed by atoms with E-state index in [0.29, 0.717) is 11.3 Å². The van der Waals surface area contributed by atoms with Crippen molar-refractivity contribution in [2.75, 3.05) is 7.11 Å². The molecule has 0 unspecified atom stereocenters. The van der Waals surface area contributed by atoms with Gasteiger partial charge in [0.1, 0.15) is 5.75 Å². The lowest BCUT2D eigenvalue weighted by atomic mass is 10.1. The highest BCUT2D eigenvalue weighted by atomic mass is 79.9. The Morgan fingerprint density at radius 3 is 2.67 bits per heavy atom. The quantitative estimate of drug-likeness (QED) is 0.728. The summed E-state index contributed by atoms with van der Waals surface area (Å²) in [5.41, 5.74) is 1.62. The summed E-state index contributed by atoms with van der Waals surface area (Å²) in [5, 5.41) is 0. The predicted octanol–water partition coefficient (Wildman–Crippen LogP) is 2.58. The molecule has 0 spiro atoms. The number of aryl methyl sites for hydroxylation is 1. The Balaban J connectivity index is 3.35. The molecule has 0 aliphatic carbocycles. The fourth-order valence-corrected chi connectivity index (χ4v) is 1.49. The molecule has 12 heavy (non-hydrogen) atoms. The zero-order valence-corrected chi connectivity index (χ0v) is 8.51. The van der Waals surface area contributed by atoms with Crippen LogP contribution in [-0.4, -0.2) is 13.4 Å². The van der Waals surface area contributed by atoms with E-state index in [1.54, 1.807) is 13.2 Å². The molecule has 0 heterocycles. The third-order valence-corrected chi connectivity index (χ3v) is 2.64. The first-order valence-electron chi connectivity index (χ1n) is 3.49. The third-order valence-electron chi connectivity index (χ3n) is 1.65. The summed E-state index contributed by atoms with van der Waals surface area (Å²) in [7, 11) is 1.55. The average Bonchev–Trinajstić information content (AvgIpc) is 2.09. The smallest absolute Gasteiger partial charge is 0.153 e. The molecule has 0 amide bonds. The van der Waals surface area contributed by atoms with Crippen LogP contribution in [0, 0.1) is 6.92 Å². The Morgan fingerprint density at radius 2 is 2.17 bits per heavy atom. The molecular weight excluding hydrogens is 220 g/mol. The number of hydrogen-bond acceptors (Lipinski definition) is 2. The first-order valence-corrected chi connectivity index (χ1v) is 4.28. The van der Waals surface area contributed by atoms with E-state index in [2.05, 4.69) is 15.9 Å². The van der Waals surface area contributed by atoms with Gasteiger partial charge >= 0.3 is 0 Å². The predicted molar refractivity (Wildman–Crippen MR) is 50.8 cm³/mol. The van der Waals surface area contributed by atoms with Crippen molar-refractivity contribution >= 4 is 22.2 Å². The number of ether oxygens (including phenoxy) is 1. The standard InChI is InChI=1S/C9H9BrO2/c1-6-3-4-7(5-11)9(12-2)8(6)10/h3-5H,1-2H3. The van der Waals surface area contributed by atoms with Gasteiger partial charge in [0.05, 0.1) is 17.1 Å². The number of carbonyl (C=O) groups is 1. The molecule has 1 aromatic rings. The van der Waals surface area contributed by atoms with Crippen LogP contribution in [-0.2, 0) is 0 Å². The Labute approximate surface area is 79.7 Å². The van der Waals surface area contributed by atoms with Gasteiger partial charge in [0.25, 0.3) is 0 Å². The van der Waals surface area contributed by atoms with E-state index in [0.717, 1.165) is 16.3 Å². The van der Waals surface area contributed by atoms with Gasteiger partial charge in [-0.1, -0.05) is 6.07 Å². The number of rotatable bonds is 2. The van der Waals surface area contributed by atoms with Crippen LogP contribution in [0.5, 0.6) is 5.75 Å². The molecule has 64 valence electrons. The molecule has 0 aromatic heterocycles. The normalized spacial score (nSPS) is 9.58. The van der Waals surface area contributed by atoms with Crippen molar-refractivity contribution in [3.05, 3.63) is 27.7 Å². The van der Waals surface area contributed by atoms with E-state index < -0.39 is 0 Å². The van der Waals surface area contributed by atoms with Crippen LogP contribution < -0.4 is 4.74 Å². The topological polar surface area (TPSA) is 26.3 Å². The van der Waals surface area contributed by atoms with Gasteiger partial charge in [-0.2, -0.15) is 0 Å². The monoisotopic (exact) mass is 228 g/mol. The van der Waals surface area contributed by atoms with Crippen LogP contribution >= 0.6 is 15.9 Å². The second-order valence-corrected chi connectivity index (χ2v) is 3.23. The molecule has 0 N–H and O–H groups in total. The number of halogens is 1. The molecule has 0 atom stereocenters. The van der Waals surface area contributed by atoms with Crippen LogP contribution in [0.25, 0.3) is 0 Å². The van der Waals surface area contributed by atoms with Gasteiger partial charge in [0.2, 0.25) is 0 Å². The third kappa shape index (κ3) is 1.50. The van der Waals surface area contributed by atoms with Crippen molar-refractivity contribution in [2.24, 2.45) is 0 Å². The molecule has 3 heteroatoms. The lowest BCUT2D eigenvalue weighted by Gasteiger charge is -2.07. The number of carbonyl (C=O) groups excluding carboxylic acids is 1. The highest BCUT2D eigenvalue weighted by Gasteiger charge is 2.07. The Bertz CT molecular complexity index is 308. The summed E-state index contributed by atoms with van der Waals surface area (Å²) in [4.78, 5) is 10.5. The first-order chi connectivity index (χ1) is 5.70. The second kappa shape index (κ2) is 3.72. The maximum Gasteiger partial charge on any atom is 0.153 e. The number of methoxy groups -OCH3 is 1. The number of benzene rings is 1. The summed E-state index contributed by atoms with van der Waals surface area (Å²) in [5.74, 6) is 0.602. The zero-order chi connectivity index (χ0) is 9.14. The van der Waals surface area contributed by atoms with Gasteiger partial charge in [0.15, 0.2) is 6.29 Å². The van der Waals surface area contributed by atoms with Crippen molar-refractivity contribution in [2.45, 2.75) is 6.92 Å². The summed E-state index contributed by atoms with van der Waals surface area (Å²) < 4.78 is 5.91. The molecule has 0 radical (unpaired) electrons. The van der Waals surface area contributed by atoms with Gasteiger partial charge in [0, 0.05) is 0 Å². The van der Waals surface area contributed by atoms with Gasteiger partial charge in [-0.15, -0.1) is 0 Å². The van der Waals surface area contributed by atoms with Gasteiger partial charge in [-0.05, 0) is 34.5 Å². The van der Waals surface area contributed by atoms with Crippen molar-refractivity contribution < 1.29 is 9.53 Å². The summed E-state index contributed by atoms with van der Waals surface area (Å²) >= 11 is 3.35. The fourth-order valence-electron chi connectivity index (χ4n) is 0.970. The molecule has 0 bridgehead atoms. The van der Waals surface area contributed by atoms with Gasteiger partial charge < -0.3 is 4.74 Å². The van der Waals surface area contributed by atoms with Crippen LogP contribution in [0.2, 0.25) is 0 Å². The molecule has 0 aliphatic heterocycles. The lowest BCUT2D eigenvalue weighted by Crippen LogP contribution is -1.92. The van der Waals surface area contributed by atoms with E-state index >= 15 is 0 Å². The molecule has 2 nitrogen and oxygen atoms in total. The molecule has 1 rings (SSSR count). The minimum Gasteiger partial charge on any atom is -0.495 e. The van der Waals surface area contributed by atoms with Crippen LogP contribution in [0.1, 0.15) is 15.9 Å².